The number of rotatable bonds is 7. The number of methoxy groups -OCH3 is 1. The maximum atomic E-state index is 8.60. The quantitative estimate of drug-likeness (QED) is 0.251. The number of hydrogen-bond acceptors (Lipinski definition) is 5. The minimum atomic E-state index is 0.0224. The maximum Gasteiger partial charge on any atom is 0.170 e. The highest BCUT2D eigenvalue weighted by Gasteiger charge is 2.08. The predicted molar refractivity (Wildman–Crippen MR) is 67.5 cm³/mol. The van der Waals surface area contributed by atoms with Gasteiger partial charge in [0.25, 0.3) is 0 Å². The van der Waals surface area contributed by atoms with Crippen LogP contribution in [0.3, 0.4) is 0 Å². The van der Waals surface area contributed by atoms with Gasteiger partial charge in [-0.15, -0.1) is 0 Å². The van der Waals surface area contributed by atoms with Gasteiger partial charge >= 0.3 is 0 Å². The van der Waals surface area contributed by atoms with Crippen LogP contribution in [0.1, 0.15) is 12.5 Å². The molecule has 0 radical (unpaired) electrons. The first kappa shape index (κ1) is 14.1. The van der Waals surface area contributed by atoms with E-state index in [0.717, 1.165) is 0 Å². The van der Waals surface area contributed by atoms with Crippen LogP contribution in [0.5, 0.6) is 11.5 Å². The van der Waals surface area contributed by atoms with Crippen LogP contribution in [-0.2, 0) is 4.74 Å². The zero-order valence-electron chi connectivity index (χ0n) is 10.5. The van der Waals surface area contributed by atoms with Crippen LogP contribution in [-0.4, -0.2) is 38.0 Å². The lowest BCUT2D eigenvalue weighted by Crippen LogP contribution is -2.13. The summed E-state index contributed by atoms with van der Waals surface area (Å²) in [5, 5.41) is 11.5. The second kappa shape index (κ2) is 7.39. The maximum absolute atomic E-state index is 8.60. The van der Waals surface area contributed by atoms with E-state index < -0.39 is 0 Å². The molecule has 6 heteroatoms. The van der Waals surface area contributed by atoms with Crippen molar-refractivity contribution in [2.24, 2.45) is 10.9 Å². The third kappa shape index (κ3) is 3.81. The summed E-state index contributed by atoms with van der Waals surface area (Å²) in [4.78, 5) is 0. The van der Waals surface area contributed by atoms with Gasteiger partial charge in [-0.05, 0) is 25.1 Å². The summed E-state index contributed by atoms with van der Waals surface area (Å²) in [5.74, 6) is 1.14. The lowest BCUT2D eigenvalue weighted by molar-refractivity contribution is 0.109. The number of ether oxygens (including phenoxy) is 3. The molecule has 0 amide bonds. The second-order valence-electron chi connectivity index (χ2n) is 3.40. The highest BCUT2D eigenvalue weighted by atomic mass is 16.5. The van der Waals surface area contributed by atoms with E-state index >= 15 is 0 Å². The van der Waals surface area contributed by atoms with Crippen molar-refractivity contribution in [3.05, 3.63) is 23.8 Å². The molecule has 0 atom stereocenters. The van der Waals surface area contributed by atoms with Crippen molar-refractivity contribution in [1.29, 1.82) is 0 Å². The van der Waals surface area contributed by atoms with Gasteiger partial charge in [-0.1, -0.05) is 5.16 Å². The number of oxime groups is 1. The number of hydrogen-bond donors (Lipinski definition) is 2. The lowest BCUT2D eigenvalue weighted by atomic mass is 10.2. The van der Waals surface area contributed by atoms with Gasteiger partial charge in [-0.2, -0.15) is 0 Å². The summed E-state index contributed by atoms with van der Waals surface area (Å²) >= 11 is 0. The van der Waals surface area contributed by atoms with Crippen LogP contribution < -0.4 is 15.2 Å². The van der Waals surface area contributed by atoms with Crippen LogP contribution in [0.25, 0.3) is 0 Å². The van der Waals surface area contributed by atoms with Crippen LogP contribution in [0.2, 0.25) is 0 Å². The highest BCUT2D eigenvalue weighted by molar-refractivity contribution is 5.97. The average molecular weight is 254 g/mol. The van der Waals surface area contributed by atoms with Crippen molar-refractivity contribution in [3.8, 4) is 11.5 Å². The van der Waals surface area contributed by atoms with E-state index in [0.29, 0.717) is 36.9 Å². The minimum Gasteiger partial charge on any atom is -0.493 e. The van der Waals surface area contributed by atoms with Gasteiger partial charge in [-0.3, -0.25) is 0 Å². The van der Waals surface area contributed by atoms with Gasteiger partial charge in [0.1, 0.15) is 6.61 Å². The fourth-order valence-electron chi connectivity index (χ4n) is 1.36. The highest BCUT2D eigenvalue weighted by Crippen LogP contribution is 2.27. The fourth-order valence-corrected chi connectivity index (χ4v) is 1.36. The van der Waals surface area contributed by atoms with Crippen molar-refractivity contribution in [2.75, 3.05) is 26.9 Å². The molecule has 0 saturated carbocycles. The summed E-state index contributed by atoms with van der Waals surface area (Å²) in [7, 11) is 1.53. The summed E-state index contributed by atoms with van der Waals surface area (Å²) in [6.07, 6.45) is 0. The van der Waals surface area contributed by atoms with E-state index in [1.54, 1.807) is 18.2 Å². The van der Waals surface area contributed by atoms with E-state index in [1.807, 2.05) is 6.92 Å². The van der Waals surface area contributed by atoms with Gasteiger partial charge < -0.3 is 25.2 Å². The van der Waals surface area contributed by atoms with Gasteiger partial charge in [0.05, 0.1) is 13.7 Å². The molecule has 0 bridgehead atoms. The molecule has 0 saturated heterocycles. The predicted octanol–water partition coefficient (Wildman–Crippen LogP) is 1.21. The Labute approximate surface area is 106 Å². The Morgan fingerprint density at radius 3 is 2.72 bits per heavy atom. The molecule has 100 valence electrons. The summed E-state index contributed by atoms with van der Waals surface area (Å²) in [6, 6.07) is 5.04. The van der Waals surface area contributed by atoms with Crippen LogP contribution in [0.15, 0.2) is 23.4 Å². The molecular formula is C12H18N2O4. The summed E-state index contributed by atoms with van der Waals surface area (Å²) in [5.41, 5.74) is 6.05. The van der Waals surface area contributed by atoms with Crippen molar-refractivity contribution >= 4 is 5.84 Å². The number of amidine groups is 1. The van der Waals surface area contributed by atoms with Gasteiger partial charge in [-0.25, -0.2) is 0 Å². The molecule has 0 aliphatic carbocycles. The SMILES string of the molecule is CCOCCOc1ccc(/C(N)=N/O)cc1OC. The monoisotopic (exact) mass is 254 g/mol. The average Bonchev–Trinajstić information content (AvgIpc) is 2.42. The number of nitrogens with zero attached hydrogens (tertiary/aromatic N) is 1. The van der Waals surface area contributed by atoms with E-state index in [2.05, 4.69) is 5.16 Å². The zero-order valence-corrected chi connectivity index (χ0v) is 10.5. The zero-order chi connectivity index (χ0) is 13.4. The minimum absolute atomic E-state index is 0.0224. The topological polar surface area (TPSA) is 86.3 Å². The third-order valence-corrected chi connectivity index (χ3v) is 2.26. The molecule has 0 fully saturated rings. The van der Waals surface area contributed by atoms with Crippen LogP contribution in [0, 0.1) is 0 Å². The first-order valence-electron chi connectivity index (χ1n) is 5.59. The Kier molecular flexibility index (Phi) is 5.79. The fraction of sp³-hybridized carbons (Fsp3) is 0.417. The molecule has 3 N–H and O–H groups in total. The van der Waals surface area contributed by atoms with Crippen molar-refractivity contribution in [2.45, 2.75) is 6.92 Å². The Bertz CT molecular complexity index is 407. The molecule has 0 spiro atoms. The molecule has 1 aromatic rings. The smallest absolute Gasteiger partial charge is 0.170 e. The molecule has 0 heterocycles. The van der Waals surface area contributed by atoms with E-state index in [4.69, 9.17) is 25.2 Å². The van der Waals surface area contributed by atoms with Gasteiger partial charge in [0, 0.05) is 12.2 Å². The first-order chi connectivity index (χ1) is 8.72. The van der Waals surface area contributed by atoms with E-state index in [-0.39, 0.29) is 5.84 Å². The third-order valence-electron chi connectivity index (χ3n) is 2.26. The van der Waals surface area contributed by atoms with E-state index in [9.17, 15) is 0 Å². The molecule has 1 rings (SSSR count). The molecule has 0 unspecified atom stereocenters. The van der Waals surface area contributed by atoms with Crippen molar-refractivity contribution < 1.29 is 19.4 Å². The molecule has 0 aliphatic rings. The Morgan fingerprint density at radius 1 is 1.33 bits per heavy atom. The Hall–Kier alpha value is -1.95. The largest absolute Gasteiger partial charge is 0.493 e. The molecule has 18 heavy (non-hydrogen) atoms. The van der Waals surface area contributed by atoms with Gasteiger partial charge in [0.15, 0.2) is 17.3 Å². The van der Waals surface area contributed by atoms with Gasteiger partial charge in [0.2, 0.25) is 0 Å². The van der Waals surface area contributed by atoms with Crippen LogP contribution >= 0.6 is 0 Å². The summed E-state index contributed by atoms with van der Waals surface area (Å²) in [6.45, 7) is 3.53. The van der Waals surface area contributed by atoms with Crippen molar-refractivity contribution in [1.82, 2.24) is 0 Å². The Balaban J connectivity index is 2.74. The molecule has 0 aliphatic heterocycles. The molecule has 1 aromatic carbocycles. The standard InChI is InChI=1S/C12H18N2O4/c1-3-17-6-7-18-10-5-4-9(12(13)14-15)8-11(10)16-2/h4-5,8,15H,3,6-7H2,1-2H3,(H2,13,14). The normalized spacial score (nSPS) is 11.3. The molecule has 6 nitrogen and oxygen atoms in total. The lowest BCUT2D eigenvalue weighted by Gasteiger charge is -2.11. The number of nitrogens with two attached hydrogens (primary N) is 1. The summed E-state index contributed by atoms with van der Waals surface area (Å²) < 4.78 is 15.9. The Morgan fingerprint density at radius 2 is 2.11 bits per heavy atom. The number of benzene rings is 1. The van der Waals surface area contributed by atoms with E-state index in [1.165, 1.54) is 7.11 Å². The second-order valence-corrected chi connectivity index (χ2v) is 3.40. The molecule has 0 aromatic heterocycles. The molecular weight excluding hydrogens is 236 g/mol. The first-order valence-corrected chi connectivity index (χ1v) is 5.59. The van der Waals surface area contributed by atoms with Crippen LogP contribution in [0.4, 0.5) is 0 Å². The van der Waals surface area contributed by atoms with Crippen molar-refractivity contribution in [3.63, 3.8) is 0 Å².